The van der Waals surface area contributed by atoms with Crippen LogP contribution in [0.25, 0.3) is 0 Å². The lowest BCUT2D eigenvalue weighted by Gasteiger charge is -2.35. The Bertz CT molecular complexity index is 894. The van der Waals surface area contributed by atoms with Crippen LogP contribution in [0.15, 0.2) is 29.5 Å². The highest BCUT2D eigenvalue weighted by atomic mass is 16.5. The first-order chi connectivity index (χ1) is 15.0. The molecular formula is C24H32N2O5. The molecule has 31 heavy (non-hydrogen) atoms. The van der Waals surface area contributed by atoms with Gasteiger partial charge in [-0.15, -0.1) is 0 Å². The maximum Gasteiger partial charge on any atom is 0.290 e. The molecule has 4 rings (SSSR count). The van der Waals surface area contributed by atoms with Gasteiger partial charge in [-0.05, 0) is 64.0 Å². The SMILES string of the molecule is COc1ccc(C2C3=C(OC4CCCCC4C3=O)C(=O)N2CCCN(C)C)cc1OC. The minimum absolute atomic E-state index is 0.0780. The molecule has 7 heteroatoms. The molecule has 0 N–H and O–H groups in total. The zero-order valence-electron chi connectivity index (χ0n) is 18.8. The third-order valence-electron chi connectivity index (χ3n) is 6.59. The van der Waals surface area contributed by atoms with Crippen LogP contribution in [-0.2, 0) is 14.3 Å². The number of benzene rings is 1. The lowest BCUT2D eigenvalue weighted by Crippen LogP contribution is -2.39. The van der Waals surface area contributed by atoms with Crippen molar-refractivity contribution in [2.24, 2.45) is 5.92 Å². The summed E-state index contributed by atoms with van der Waals surface area (Å²) in [5, 5.41) is 0. The number of methoxy groups -OCH3 is 2. The predicted molar refractivity (Wildman–Crippen MR) is 116 cm³/mol. The van der Waals surface area contributed by atoms with Gasteiger partial charge in [-0.2, -0.15) is 0 Å². The monoisotopic (exact) mass is 428 g/mol. The number of carbonyl (C=O) groups excluding carboxylic acids is 2. The van der Waals surface area contributed by atoms with E-state index in [1.54, 1.807) is 19.1 Å². The van der Waals surface area contributed by atoms with Crippen molar-refractivity contribution >= 4 is 11.7 Å². The number of carbonyl (C=O) groups is 2. The molecule has 3 unspecified atom stereocenters. The van der Waals surface area contributed by atoms with Gasteiger partial charge in [0.1, 0.15) is 6.10 Å². The Morgan fingerprint density at radius 2 is 1.84 bits per heavy atom. The lowest BCUT2D eigenvalue weighted by molar-refractivity contribution is -0.135. The van der Waals surface area contributed by atoms with Gasteiger partial charge in [-0.3, -0.25) is 9.59 Å². The summed E-state index contributed by atoms with van der Waals surface area (Å²) >= 11 is 0. The fourth-order valence-corrected chi connectivity index (χ4v) is 5.05. The normalized spacial score (nSPS) is 25.5. The molecule has 1 saturated carbocycles. The van der Waals surface area contributed by atoms with Gasteiger partial charge >= 0.3 is 0 Å². The molecule has 0 aromatic heterocycles. The zero-order valence-corrected chi connectivity index (χ0v) is 18.8. The summed E-state index contributed by atoms with van der Waals surface area (Å²) in [6.07, 6.45) is 4.37. The quantitative estimate of drug-likeness (QED) is 0.665. The standard InChI is InChI=1S/C24H32N2O5/c1-25(2)12-7-13-26-21(15-10-11-18(29-3)19(14-15)30-4)20-22(27)16-8-5-6-9-17(16)31-23(20)24(26)28/h10-11,14,16-17,21H,5-9,12-13H2,1-4H3. The largest absolute Gasteiger partial charge is 0.493 e. The highest BCUT2D eigenvalue weighted by molar-refractivity contribution is 6.11. The van der Waals surface area contributed by atoms with Crippen LogP contribution in [0.5, 0.6) is 11.5 Å². The molecule has 2 heterocycles. The molecule has 0 spiro atoms. The predicted octanol–water partition coefficient (Wildman–Crippen LogP) is 2.95. The molecule has 0 bridgehead atoms. The molecule has 168 valence electrons. The summed E-state index contributed by atoms with van der Waals surface area (Å²) in [5.74, 6) is 1.21. The summed E-state index contributed by atoms with van der Waals surface area (Å²) in [7, 11) is 7.20. The molecule has 2 aliphatic heterocycles. The number of ketones is 1. The maximum absolute atomic E-state index is 13.6. The highest BCUT2D eigenvalue weighted by Crippen LogP contribution is 2.47. The van der Waals surface area contributed by atoms with E-state index in [9.17, 15) is 9.59 Å². The second-order valence-corrected chi connectivity index (χ2v) is 8.83. The Morgan fingerprint density at radius 1 is 1.10 bits per heavy atom. The molecule has 0 saturated heterocycles. The fourth-order valence-electron chi connectivity index (χ4n) is 5.05. The van der Waals surface area contributed by atoms with Crippen LogP contribution in [-0.4, -0.2) is 69.0 Å². The molecule has 1 aliphatic carbocycles. The number of Topliss-reactive ketones (excluding diaryl/α,β-unsaturated/α-hetero) is 1. The third-order valence-corrected chi connectivity index (χ3v) is 6.59. The van der Waals surface area contributed by atoms with Crippen molar-refractivity contribution in [2.75, 3.05) is 41.4 Å². The minimum Gasteiger partial charge on any atom is -0.493 e. The Morgan fingerprint density at radius 3 is 2.55 bits per heavy atom. The number of rotatable bonds is 7. The average Bonchev–Trinajstić information content (AvgIpc) is 3.05. The van der Waals surface area contributed by atoms with E-state index in [4.69, 9.17) is 14.2 Å². The number of hydrogen-bond donors (Lipinski definition) is 0. The topological polar surface area (TPSA) is 68.3 Å². The second kappa shape index (κ2) is 8.91. The summed E-state index contributed by atoms with van der Waals surface area (Å²) in [6.45, 7) is 1.40. The van der Waals surface area contributed by atoms with Crippen molar-refractivity contribution < 1.29 is 23.8 Å². The molecule has 1 aromatic rings. The number of fused-ring (bicyclic) bond motifs is 1. The van der Waals surface area contributed by atoms with Gasteiger partial charge in [0.15, 0.2) is 23.0 Å². The van der Waals surface area contributed by atoms with E-state index in [-0.39, 0.29) is 29.5 Å². The van der Waals surface area contributed by atoms with E-state index in [0.717, 1.165) is 44.2 Å². The van der Waals surface area contributed by atoms with Gasteiger partial charge in [0, 0.05) is 6.54 Å². The number of nitrogens with zero attached hydrogens (tertiary/aromatic N) is 2. The molecule has 3 aliphatic rings. The van der Waals surface area contributed by atoms with Crippen molar-refractivity contribution in [1.29, 1.82) is 0 Å². The summed E-state index contributed by atoms with van der Waals surface area (Å²) < 4.78 is 17.1. The van der Waals surface area contributed by atoms with Gasteiger partial charge in [0.25, 0.3) is 5.91 Å². The van der Waals surface area contributed by atoms with Gasteiger partial charge in [-0.1, -0.05) is 12.5 Å². The van der Waals surface area contributed by atoms with Gasteiger partial charge < -0.3 is 24.0 Å². The van der Waals surface area contributed by atoms with Crippen LogP contribution in [0.2, 0.25) is 0 Å². The lowest BCUT2D eigenvalue weighted by atomic mass is 9.77. The highest BCUT2D eigenvalue weighted by Gasteiger charge is 2.51. The van der Waals surface area contributed by atoms with E-state index in [1.807, 2.05) is 32.3 Å². The van der Waals surface area contributed by atoms with Gasteiger partial charge in [-0.25, -0.2) is 0 Å². The van der Waals surface area contributed by atoms with Crippen molar-refractivity contribution in [3.05, 3.63) is 35.1 Å². The Labute approximate surface area is 183 Å². The number of ether oxygens (including phenoxy) is 3. The average molecular weight is 429 g/mol. The van der Waals surface area contributed by atoms with Crippen molar-refractivity contribution in [3.8, 4) is 11.5 Å². The summed E-state index contributed by atoms with van der Waals surface area (Å²) in [5.41, 5.74) is 1.36. The van der Waals surface area contributed by atoms with Crippen molar-refractivity contribution in [1.82, 2.24) is 9.80 Å². The van der Waals surface area contributed by atoms with Crippen LogP contribution in [0.1, 0.15) is 43.7 Å². The van der Waals surface area contributed by atoms with E-state index in [2.05, 4.69) is 4.90 Å². The molecule has 3 atom stereocenters. The fraction of sp³-hybridized carbons (Fsp3) is 0.583. The first-order valence-electron chi connectivity index (χ1n) is 11.1. The number of hydrogen-bond acceptors (Lipinski definition) is 6. The van der Waals surface area contributed by atoms with Crippen LogP contribution in [0, 0.1) is 5.92 Å². The molecular weight excluding hydrogens is 396 g/mol. The van der Waals surface area contributed by atoms with E-state index in [1.165, 1.54) is 0 Å². The van der Waals surface area contributed by atoms with E-state index < -0.39 is 6.04 Å². The maximum atomic E-state index is 13.6. The Hall–Kier alpha value is -2.54. The molecule has 1 amide bonds. The third kappa shape index (κ3) is 3.91. The molecule has 7 nitrogen and oxygen atoms in total. The smallest absolute Gasteiger partial charge is 0.290 e. The molecule has 1 aromatic carbocycles. The van der Waals surface area contributed by atoms with Gasteiger partial charge in [0.05, 0.1) is 31.8 Å². The van der Waals surface area contributed by atoms with Crippen LogP contribution >= 0.6 is 0 Å². The summed E-state index contributed by atoms with van der Waals surface area (Å²) in [6, 6.07) is 5.15. The minimum atomic E-state index is -0.458. The number of amides is 1. The first-order valence-corrected chi connectivity index (χ1v) is 11.1. The molecule has 1 fully saturated rings. The summed E-state index contributed by atoms with van der Waals surface area (Å²) in [4.78, 5) is 30.9. The Balaban J connectivity index is 1.74. The van der Waals surface area contributed by atoms with E-state index >= 15 is 0 Å². The molecule has 0 radical (unpaired) electrons. The van der Waals surface area contributed by atoms with Crippen LogP contribution in [0.4, 0.5) is 0 Å². The Kier molecular flexibility index (Phi) is 6.23. The van der Waals surface area contributed by atoms with Crippen LogP contribution < -0.4 is 9.47 Å². The van der Waals surface area contributed by atoms with Crippen LogP contribution in [0.3, 0.4) is 0 Å². The first kappa shape index (κ1) is 21.7. The van der Waals surface area contributed by atoms with Crippen molar-refractivity contribution in [2.45, 2.75) is 44.2 Å². The van der Waals surface area contributed by atoms with Gasteiger partial charge in [0.2, 0.25) is 0 Å². The second-order valence-electron chi connectivity index (χ2n) is 8.83. The van der Waals surface area contributed by atoms with E-state index in [0.29, 0.717) is 23.6 Å². The zero-order chi connectivity index (χ0) is 22.1. The van der Waals surface area contributed by atoms with Crippen molar-refractivity contribution in [3.63, 3.8) is 0 Å².